The number of aliphatic hydroxyl groups is 1. The molecule has 166 valence electrons. The van der Waals surface area contributed by atoms with E-state index in [1.165, 1.54) is 0 Å². The van der Waals surface area contributed by atoms with Crippen LogP contribution in [0.15, 0.2) is 34.9 Å². The molecule has 3 aromatic rings. The van der Waals surface area contributed by atoms with E-state index < -0.39 is 0 Å². The van der Waals surface area contributed by atoms with E-state index in [2.05, 4.69) is 15.4 Å². The lowest BCUT2D eigenvalue weighted by Gasteiger charge is -2.34. The van der Waals surface area contributed by atoms with Crippen molar-refractivity contribution in [2.75, 3.05) is 43.1 Å². The summed E-state index contributed by atoms with van der Waals surface area (Å²) in [6.45, 7) is 3.68. The van der Waals surface area contributed by atoms with Crippen LogP contribution in [0.2, 0.25) is 0 Å². The van der Waals surface area contributed by atoms with Gasteiger partial charge in [0.15, 0.2) is 11.5 Å². The molecule has 8 nitrogen and oxygen atoms in total. The van der Waals surface area contributed by atoms with Gasteiger partial charge in [-0.05, 0) is 25.8 Å². The lowest BCUT2D eigenvalue weighted by atomic mass is 9.86. The lowest BCUT2D eigenvalue weighted by molar-refractivity contribution is -0.148. The summed E-state index contributed by atoms with van der Waals surface area (Å²) in [4.78, 5) is 27.9. The Morgan fingerprint density at radius 1 is 1.34 bits per heavy atom. The number of nitrogens with zero attached hydrogens (tertiary/aromatic N) is 2. The van der Waals surface area contributed by atoms with Crippen LogP contribution in [0.3, 0.4) is 0 Å². The second-order valence-electron chi connectivity index (χ2n) is 8.12. The maximum atomic E-state index is 13.4. The standard InChI is InChI=1S/C24H25N3O5/c1-2-31-24(30)14-6-5-10-27(13-14)18-12-17(25-9-11-28)19-20-21(18)26-32-23(20)16-8-4-3-7-15(16)22(19)29/h3-4,7-8,12,14,25,28H,2,5-6,9-11,13H2,1H3/t14-/m1/s1. The first-order valence-electron chi connectivity index (χ1n) is 11.0. The summed E-state index contributed by atoms with van der Waals surface area (Å²) in [7, 11) is 0. The molecule has 0 spiro atoms. The van der Waals surface area contributed by atoms with Gasteiger partial charge in [0, 0.05) is 36.4 Å². The highest BCUT2D eigenvalue weighted by molar-refractivity contribution is 6.28. The van der Waals surface area contributed by atoms with Gasteiger partial charge in [-0.25, -0.2) is 0 Å². The first-order valence-corrected chi connectivity index (χ1v) is 11.0. The number of esters is 1. The number of carbonyl (C=O) groups excluding carboxylic acids is 2. The van der Waals surface area contributed by atoms with E-state index >= 15 is 0 Å². The Kier molecular flexibility index (Phi) is 5.30. The fourth-order valence-electron chi connectivity index (χ4n) is 4.76. The number of ketones is 1. The SMILES string of the molecule is CCOC(=O)[C@@H]1CCCN(c2cc(NCCO)c3c4c(onc24)-c2ccccc2C3=O)C1. The summed E-state index contributed by atoms with van der Waals surface area (Å²) in [5.74, 6) is 0.0676. The van der Waals surface area contributed by atoms with E-state index in [0.717, 1.165) is 30.6 Å². The van der Waals surface area contributed by atoms with Gasteiger partial charge in [0.2, 0.25) is 0 Å². The Morgan fingerprint density at radius 2 is 2.16 bits per heavy atom. The van der Waals surface area contributed by atoms with Crippen LogP contribution < -0.4 is 10.2 Å². The van der Waals surface area contributed by atoms with Crippen LogP contribution in [0.5, 0.6) is 0 Å². The number of anilines is 2. The molecule has 0 radical (unpaired) electrons. The van der Waals surface area contributed by atoms with Gasteiger partial charge >= 0.3 is 5.97 Å². The fraction of sp³-hybridized carbons (Fsp3) is 0.375. The summed E-state index contributed by atoms with van der Waals surface area (Å²) in [5, 5.41) is 17.6. The predicted octanol–water partition coefficient (Wildman–Crippen LogP) is 3.22. The van der Waals surface area contributed by atoms with Crippen molar-refractivity contribution in [1.82, 2.24) is 5.16 Å². The molecule has 2 heterocycles. The van der Waals surface area contributed by atoms with Gasteiger partial charge in [0.05, 0.1) is 35.8 Å². The molecule has 0 amide bonds. The summed E-state index contributed by atoms with van der Waals surface area (Å²) >= 11 is 0. The van der Waals surface area contributed by atoms with E-state index in [9.17, 15) is 14.7 Å². The van der Waals surface area contributed by atoms with Crippen LogP contribution in [-0.2, 0) is 9.53 Å². The largest absolute Gasteiger partial charge is 0.466 e. The highest BCUT2D eigenvalue weighted by Crippen LogP contribution is 2.46. The van der Waals surface area contributed by atoms with Crippen LogP contribution in [0.1, 0.15) is 35.7 Å². The minimum absolute atomic E-state index is 0.0667. The van der Waals surface area contributed by atoms with Crippen LogP contribution in [-0.4, -0.2) is 54.9 Å². The molecule has 1 aliphatic carbocycles. The first kappa shape index (κ1) is 20.5. The zero-order valence-corrected chi connectivity index (χ0v) is 17.9. The van der Waals surface area contributed by atoms with Crippen LogP contribution >= 0.6 is 0 Å². The molecule has 1 aromatic heterocycles. The average Bonchev–Trinajstić information content (AvgIpc) is 3.26. The topological polar surface area (TPSA) is 105 Å². The second-order valence-corrected chi connectivity index (χ2v) is 8.12. The Morgan fingerprint density at radius 3 is 2.94 bits per heavy atom. The minimum Gasteiger partial charge on any atom is -0.466 e. The number of carbonyl (C=O) groups is 2. The molecular formula is C24H25N3O5. The molecule has 32 heavy (non-hydrogen) atoms. The molecule has 0 saturated carbocycles. The molecule has 8 heteroatoms. The van der Waals surface area contributed by atoms with E-state index in [1.807, 2.05) is 31.2 Å². The molecule has 0 bridgehead atoms. The number of aliphatic hydroxyl groups excluding tert-OH is 1. The van der Waals surface area contributed by atoms with E-state index in [-0.39, 0.29) is 24.3 Å². The maximum Gasteiger partial charge on any atom is 0.310 e. The molecule has 0 unspecified atom stereocenters. The number of rotatable bonds is 6. The molecule has 1 fully saturated rings. The Balaban J connectivity index is 1.65. The highest BCUT2D eigenvalue weighted by atomic mass is 16.5. The molecule has 5 rings (SSSR count). The number of aromatic nitrogens is 1. The third kappa shape index (κ3) is 3.22. The van der Waals surface area contributed by atoms with Crippen molar-refractivity contribution >= 4 is 34.0 Å². The average molecular weight is 435 g/mol. The molecule has 1 aliphatic heterocycles. The van der Waals surface area contributed by atoms with Crippen molar-refractivity contribution in [3.05, 3.63) is 41.5 Å². The number of benzene rings is 2. The smallest absolute Gasteiger partial charge is 0.310 e. The Labute approximate surface area is 185 Å². The number of ether oxygens (including phenoxy) is 1. The van der Waals surface area contributed by atoms with Crippen molar-refractivity contribution < 1.29 is 24.0 Å². The van der Waals surface area contributed by atoms with Crippen LogP contribution in [0.25, 0.3) is 22.2 Å². The first-order chi connectivity index (χ1) is 15.6. The van der Waals surface area contributed by atoms with Gasteiger partial charge in [0.1, 0.15) is 5.52 Å². The summed E-state index contributed by atoms with van der Waals surface area (Å²) in [6.07, 6.45) is 1.63. The number of fused-ring (bicyclic) bond motifs is 2. The Bertz CT molecular complexity index is 1200. The van der Waals surface area contributed by atoms with Crippen molar-refractivity contribution in [2.45, 2.75) is 19.8 Å². The zero-order chi connectivity index (χ0) is 22.2. The molecule has 2 aliphatic rings. The number of piperidine rings is 1. The summed E-state index contributed by atoms with van der Waals surface area (Å²) < 4.78 is 11.0. The van der Waals surface area contributed by atoms with Gasteiger partial charge in [-0.2, -0.15) is 0 Å². The van der Waals surface area contributed by atoms with E-state index in [0.29, 0.717) is 53.2 Å². The lowest BCUT2D eigenvalue weighted by Crippen LogP contribution is -2.39. The summed E-state index contributed by atoms with van der Waals surface area (Å²) in [6, 6.07) is 9.23. The van der Waals surface area contributed by atoms with Crippen LogP contribution in [0, 0.1) is 5.92 Å². The normalized spacial score (nSPS) is 17.4. The second kappa shape index (κ2) is 8.27. The Hall–Kier alpha value is -3.39. The quantitative estimate of drug-likeness (QED) is 0.445. The van der Waals surface area contributed by atoms with E-state index in [4.69, 9.17) is 9.26 Å². The van der Waals surface area contributed by atoms with Gasteiger partial charge in [0.25, 0.3) is 0 Å². The van der Waals surface area contributed by atoms with Crippen molar-refractivity contribution in [3.63, 3.8) is 0 Å². The molecule has 1 atom stereocenters. The monoisotopic (exact) mass is 435 g/mol. The third-order valence-electron chi connectivity index (χ3n) is 6.19. The molecule has 2 N–H and O–H groups in total. The number of hydrogen-bond acceptors (Lipinski definition) is 8. The third-order valence-corrected chi connectivity index (χ3v) is 6.19. The maximum absolute atomic E-state index is 13.4. The van der Waals surface area contributed by atoms with E-state index in [1.54, 1.807) is 6.07 Å². The van der Waals surface area contributed by atoms with Gasteiger partial charge in [-0.1, -0.05) is 29.4 Å². The zero-order valence-electron chi connectivity index (χ0n) is 17.9. The van der Waals surface area contributed by atoms with Crippen molar-refractivity contribution in [2.24, 2.45) is 5.92 Å². The molecule has 1 saturated heterocycles. The fourth-order valence-corrected chi connectivity index (χ4v) is 4.76. The number of hydrogen-bond donors (Lipinski definition) is 2. The number of nitrogens with one attached hydrogen (secondary N) is 1. The van der Waals surface area contributed by atoms with Gasteiger partial charge < -0.3 is 24.6 Å². The molecular weight excluding hydrogens is 410 g/mol. The van der Waals surface area contributed by atoms with Crippen molar-refractivity contribution in [3.8, 4) is 11.3 Å². The van der Waals surface area contributed by atoms with Gasteiger partial charge in [-0.15, -0.1) is 0 Å². The minimum atomic E-state index is -0.214. The van der Waals surface area contributed by atoms with Crippen LogP contribution in [0.4, 0.5) is 11.4 Å². The molecule has 2 aromatic carbocycles. The van der Waals surface area contributed by atoms with Crippen molar-refractivity contribution in [1.29, 1.82) is 0 Å². The highest BCUT2D eigenvalue weighted by Gasteiger charge is 2.35. The predicted molar refractivity (Wildman–Crippen MR) is 120 cm³/mol. The summed E-state index contributed by atoms with van der Waals surface area (Å²) in [5.41, 5.74) is 3.84. The van der Waals surface area contributed by atoms with Gasteiger partial charge in [-0.3, -0.25) is 9.59 Å².